The van der Waals surface area contributed by atoms with Gasteiger partial charge in [0.2, 0.25) is 0 Å². The first-order valence-electron chi connectivity index (χ1n) is 8.06. The zero-order valence-corrected chi connectivity index (χ0v) is 13.5. The Morgan fingerprint density at radius 2 is 2.17 bits per heavy atom. The van der Waals surface area contributed by atoms with Gasteiger partial charge in [0.1, 0.15) is 0 Å². The number of aryl methyl sites for hydroxylation is 1. The number of aliphatic carboxylic acids is 1. The first-order chi connectivity index (χ1) is 11.1. The summed E-state index contributed by atoms with van der Waals surface area (Å²) < 4.78 is 0. The quantitative estimate of drug-likeness (QED) is 0.898. The molecule has 0 saturated heterocycles. The SMILES string of the molecule is Cc1cccc(/C(=C/C2CCC(C(=O)O)C2)c2cnc[nH]2)c1C. The number of carboxylic acids is 1. The van der Waals surface area contributed by atoms with Crippen molar-refractivity contribution in [3.63, 3.8) is 0 Å². The van der Waals surface area contributed by atoms with Crippen LogP contribution in [0.25, 0.3) is 5.57 Å². The van der Waals surface area contributed by atoms with E-state index >= 15 is 0 Å². The minimum atomic E-state index is -0.671. The molecule has 3 rings (SSSR count). The van der Waals surface area contributed by atoms with Gasteiger partial charge in [-0.15, -0.1) is 0 Å². The van der Waals surface area contributed by atoms with E-state index in [4.69, 9.17) is 0 Å². The number of H-pyrrole nitrogens is 1. The number of allylic oxidation sites excluding steroid dienone is 1. The predicted octanol–water partition coefficient (Wildman–Crippen LogP) is 3.96. The minimum absolute atomic E-state index is 0.210. The average molecular weight is 310 g/mol. The second-order valence-electron chi connectivity index (χ2n) is 6.40. The fraction of sp³-hybridized carbons (Fsp3) is 0.368. The second kappa shape index (κ2) is 6.41. The maximum absolute atomic E-state index is 11.2. The summed E-state index contributed by atoms with van der Waals surface area (Å²) in [5, 5.41) is 9.21. The van der Waals surface area contributed by atoms with Crippen molar-refractivity contribution in [1.29, 1.82) is 0 Å². The lowest BCUT2D eigenvalue weighted by molar-refractivity contribution is -0.141. The Kier molecular flexibility index (Phi) is 4.33. The van der Waals surface area contributed by atoms with Crippen molar-refractivity contribution in [3.05, 3.63) is 59.2 Å². The molecule has 23 heavy (non-hydrogen) atoms. The Hall–Kier alpha value is -2.36. The zero-order chi connectivity index (χ0) is 16.4. The molecule has 0 radical (unpaired) electrons. The maximum Gasteiger partial charge on any atom is 0.306 e. The topological polar surface area (TPSA) is 66.0 Å². The summed E-state index contributed by atoms with van der Waals surface area (Å²) in [6.07, 6.45) is 8.16. The molecule has 1 heterocycles. The lowest BCUT2D eigenvalue weighted by atomic mass is 9.91. The molecule has 1 aliphatic rings. The molecule has 0 spiro atoms. The van der Waals surface area contributed by atoms with Gasteiger partial charge >= 0.3 is 5.97 Å². The first-order valence-corrected chi connectivity index (χ1v) is 8.06. The van der Waals surface area contributed by atoms with Gasteiger partial charge in [-0.2, -0.15) is 0 Å². The van der Waals surface area contributed by atoms with Crippen LogP contribution >= 0.6 is 0 Å². The highest BCUT2D eigenvalue weighted by atomic mass is 16.4. The van der Waals surface area contributed by atoms with Gasteiger partial charge < -0.3 is 10.1 Å². The third-order valence-corrected chi connectivity index (χ3v) is 4.91. The van der Waals surface area contributed by atoms with Crippen LogP contribution in [0.15, 0.2) is 36.8 Å². The number of imidazole rings is 1. The summed E-state index contributed by atoms with van der Waals surface area (Å²) in [5.74, 6) is -0.581. The van der Waals surface area contributed by atoms with E-state index in [0.717, 1.165) is 30.5 Å². The highest BCUT2D eigenvalue weighted by Gasteiger charge is 2.29. The molecule has 1 aromatic heterocycles. The molecule has 4 nitrogen and oxygen atoms in total. The molecule has 1 saturated carbocycles. The number of carboxylic acid groups (broad SMARTS) is 1. The van der Waals surface area contributed by atoms with E-state index in [-0.39, 0.29) is 5.92 Å². The van der Waals surface area contributed by atoms with Gasteiger partial charge in [-0.1, -0.05) is 24.3 Å². The molecule has 1 fully saturated rings. The molecule has 120 valence electrons. The summed E-state index contributed by atoms with van der Waals surface area (Å²) in [7, 11) is 0. The summed E-state index contributed by atoms with van der Waals surface area (Å²) >= 11 is 0. The Morgan fingerprint density at radius 1 is 1.35 bits per heavy atom. The number of rotatable bonds is 4. The first kappa shape index (κ1) is 15.5. The van der Waals surface area contributed by atoms with E-state index in [1.165, 1.54) is 16.7 Å². The van der Waals surface area contributed by atoms with E-state index in [1.807, 2.05) is 6.20 Å². The summed E-state index contributed by atoms with van der Waals surface area (Å²) in [5.41, 5.74) is 5.80. The number of carbonyl (C=O) groups is 1. The third kappa shape index (κ3) is 3.21. The molecule has 1 aromatic carbocycles. The van der Waals surface area contributed by atoms with Crippen molar-refractivity contribution in [2.45, 2.75) is 33.1 Å². The fourth-order valence-corrected chi connectivity index (χ4v) is 3.40. The molecule has 2 unspecified atom stereocenters. The smallest absolute Gasteiger partial charge is 0.306 e. The molecule has 2 atom stereocenters. The van der Waals surface area contributed by atoms with Gasteiger partial charge in [-0.05, 0) is 55.7 Å². The number of nitrogens with zero attached hydrogens (tertiary/aromatic N) is 1. The number of aromatic amines is 1. The van der Waals surface area contributed by atoms with Gasteiger partial charge in [0.15, 0.2) is 0 Å². The maximum atomic E-state index is 11.2. The standard InChI is InChI=1S/C19H22N2O2/c1-12-4-3-5-16(13(12)2)17(18-10-20-11-21-18)9-14-6-7-15(8-14)19(22)23/h3-5,9-11,14-15H,6-8H2,1-2H3,(H,20,21)(H,22,23)/b17-9-. The Balaban J connectivity index is 1.99. The Labute approximate surface area is 136 Å². The van der Waals surface area contributed by atoms with Crippen LogP contribution in [-0.4, -0.2) is 21.0 Å². The van der Waals surface area contributed by atoms with Gasteiger partial charge in [0, 0.05) is 5.57 Å². The van der Waals surface area contributed by atoms with Crippen molar-refractivity contribution in [2.75, 3.05) is 0 Å². The molecular weight excluding hydrogens is 288 g/mol. The van der Waals surface area contributed by atoms with Crippen LogP contribution in [0.5, 0.6) is 0 Å². The lowest BCUT2D eigenvalue weighted by Gasteiger charge is -2.14. The van der Waals surface area contributed by atoms with Crippen LogP contribution in [-0.2, 0) is 4.79 Å². The van der Waals surface area contributed by atoms with Crippen molar-refractivity contribution in [2.24, 2.45) is 11.8 Å². The van der Waals surface area contributed by atoms with Crippen LogP contribution in [0.4, 0.5) is 0 Å². The van der Waals surface area contributed by atoms with Crippen LogP contribution in [0.3, 0.4) is 0 Å². The van der Waals surface area contributed by atoms with Gasteiger partial charge in [0.25, 0.3) is 0 Å². The highest BCUT2D eigenvalue weighted by Crippen LogP contribution is 2.36. The fourth-order valence-electron chi connectivity index (χ4n) is 3.40. The van der Waals surface area contributed by atoms with Crippen LogP contribution in [0.2, 0.25) is 0 Å². The molecule has 0 amide bonds. The van der Waals surface area contributed by atoms with E-state index in [2.05, 4.69) is 48.1 Å². The molecule has 0 aliphatic heterocycles. The van der Waals surface area contributed by atoms with Crippen LogP contribution in [0.1, 0.15) is 41.6 Å². The highest BCUT2D eigenvalue weighted by molar-refractivity contribution is 5.80. The van der Waals surface area contributed by atoms with Crippen molar-refractivity contribution >= 4 is 11.5 Å². The molecule has 0 bridgehead atoms. The minimum Gasteiger partial charge on any atom is -0.481 e. The van der Waals surface area contributed by atoms with E-state index in [9.17, 15) is 9.90 Å². The number of aromatic nitrogens is 2. The number of nitrogens with one attached hydrogen (secondary N) is 1. The van der Waals surface area contributed by atoms with Crippen molar-refractivity contribution in [1.82, 2.24) is 9.97 Å². The molecule has 2 N–H and O–H groups in total. The molecule has 2 aromatic rings. The second-order valence-corrected chi connectivity index (χ2v) is 6.40. The van der Waals surface area contributed by atoms with Gasteiger partial charge in [-0.25, -0.2) is 4.98 Å². The van der Waals surface area contributed by atoms with E-state index in [1.54, 1.807) is 6.33 Å². The van der Waals surface area contributed by atoms with Gasteiger partial charge in [0.05, 0.1) is 24.1 Å². The van der Waals surface area contributed by atoms with E-state index < -0.39 is 5.97 Å². The predicted molar refractivity (Wildman–Crippen MR) is 90.0 cm³/mol. The van der Waals surface area contributed by atoms with Crippen molar-refractivity contribution < 1.29 is 9.90 Å². The average Bonchev–Trinajstić information content (AvgIpc) is 3.19. The van der Waals surface area contributed by atoms with Crippen molar-refractivity contribution in [3.8, 4) is 0 Å². The van der Waals surface area contributed by atoms with Gasteiger partial charge in [-0.3, -0.25) is 4.79 Å². The number of benzene rings is 1. The van der Waals surface area contributed by atoms with E-state index in [0.29, 0.717) is 5.92 Å². The van der Waals surface area contributed by atoms with Crippen LogP contribution in [0, 0.1) is 25.7 Å². The zero-order valence-electron chi connectivity index (χ0n) is 13.5. The monoisotopic (exact) mass is 310 g/mol. The summed E-state index contributed by atoms with van der Waals surface area (Å²) in [4.78, 5) is 18.5. The molecule has 1 aliphatic carbocycles. The number of hydrogen-bond donors (Lipinski definition) is 2. The lowest BCUT2D eigenvalue weighted by Crippen LogP contribution is -2.09. The third-order valence-electron chi connectivity index (χ3n) is 4.91. The summed E-state index contributed by atoms with van der Waals surface area (Å²) in [6.45, 7) is 4.24. The largest absolute Gasteiger partial charge is 0.481 e. The normalized spacial score (nSPS) is 21.6. The molecule has 4 heteroatoms. The number of hydrogen-bond acceptors (Lipinski definition) is 2. The Bertz CT molecular complexity index is 732. The molecular formula is C19H22N2O2. The Morgan fingerprint density at radius 3 is 2.83 bits per heavy atom. The van der Waals surface area contributed by atoms with Crippen LogP contribution < -0.4 is 0 Å². The summed E-state index contributed by atoms with van der Waals surface area (Å²) in [6, 6.07) is 6.30.